The molecule has 0 aliphatic carbocycles. The van der Waals surface area contributed by atoms with Gasteiger partial charge in [-0.25, -0.2) is 13.4 Å². The minimum atomic E-state index is -3.26. The molecule has 0 atom stereocenters. The second-order valence-electron chi connectivity index (χ2n) is 3.97. The van der Waals surface area contributed by atoms with Gasteiger partial charge in [-0.2, -0.15) is 0 Å². The van der Waals surface area contributed by atoms with Crippen LogP contribution in [0.1, 0.15) is 12.5 Å². The highest BCUT2D eigenvalue weighted by Crippen LogP contribution is 2.30. The van der Waals surface area contributed by atoms with E-state index in [4.69, 9.17) is 5.73 Å². The Bertz CT molecular complexity index is 675. The van der Waals surface area contributed by atoms with Gasteiger partial charge in [0.1, 0.15) is 0 Å². The number of sulfone groups is 1. The zero-order chi connectivity index (χ0) is 13.3. The number of aromatic nitrogens is 1. The van der Waals surface area contributed by atoms with Crippen LogP contribution in [-0.4, -0.2) is 19.2 Å². The highest BCUT2D eigenvalue weighted by atomic mass is 32.2. The van der Waals surface area contributed by atoms with Crippen LogP contribution in [0.4, 0.5) is 5.13 Å². The number of benzene rings is 1. The van der Waals surface area contributed by atoms with Crippen molar-refractivity contribution in [3.8, 4) is 11.3 Å². The fourth-order valence-corrected chi connectivity index (χ4v) is 3.33. The predicted molar refractivity (Wildman–Crippen MR) is 74.4 cm³/mol. The SMILES string of the molecule is CCS(=O)(=O)c1ccc(C)cc1-c1csc(N)n1. The molecule has 2 aromatic rings. The summed E-state index contributed by atoms with van der Waals surface area (Å²) in [5.41, 5.74) is 7.84. The summed E-state index contributed by atoms with van der Waals surface area (Å²) < 4.78 is 24.1. The van der Waals surface area contributed by atoms with E-state index in [9.17, 15) is 8.42 Å². The number of hydrogen-bond acceptors (Lipinski definition) is 5. The van der Waals surface area contributed by atoms with E-state index in [0.717, 1.165) is 5.56 Å². The molecule has 0 unspecified atom stereocenters. The molecular weight excluding hydrogens is 268 g/mol. The van der Waals surface area contributed by atoms with Crippen LogP contribution >= 0.6 is 11.3 Å². The average Bonchev–Trinajstić information content (AvgIpc) is 2.75. The smallest absolute Gasteiger partial charge is 0.180 e. The predicted octanol–water partition coefficient (Wildman–Crippen LogP) is 2.49. The molecule has 0 aliphatic rings. The Morgan fingerprint density at radius 2 is 2.11 bits per heavy atom. The Morgan fingerprint density at radius 1 is 1.39 bits per heavy atom. The third-order valence-corrected chi connectivity index (χ3v) is 5.11. The summed E-state index contributed by atoms with van der Waals surface area (Å²) in [5.74, 6) is 0.0721. The monoisotopic (exact) mass is 282 g/mol. The van der Waals surface area contributed by atoms with E-state index in [0.29, 0.717) is 21.3 Å². The fourth-order valence-electron chi connectivity index (χ4n) is 1.68. The summed E-state index contributed by atoms with van der Waals surface area (Å²) >= 11 is 1.30. The molecule has 18 heavy (non-hydrogen) atoms. The molecule has 0 saturated carbocycles. The lowest BCUT2D eigenvalue weighted by molar-refractivity contribution is 0.597. The number of nitrogens with two attached hydrogens (primary N) is 1. The van der Waals surface area contributed by atoms with Crippen LogP contribution in [-0.2, 0) is 9.84 Å². The molecule has 6 heteroatoms. The van der Waals surface area contributed by atoms with Gasteiger partial charge in [0.25, 0.3) is 0 Å². The molecule has 4 nitrogen and oxygen atoms in total. The largest absolute Gasteiger partial charge is 0.375 e. The van der Waals surface area contributed by atoms with Gasteiger partial charge in [0.15, 0.2) is 15.0 Å². The first-order valence-corrected chi connectivity index (χ1v) is 8.02. The number of anilines is 1. The van der Waals surface area contributed by atoms with E-state index in [1.54, 1.807) is 24.4 Å². The Kier molecular flexibility index (Phi) is 3.41. The van der Waals surface area contributed by atoms with Crippen LogP contribution in [0.2, 0.25) is 0 Å². The lowest BCUT2D eigenvalue weighted by Gasteiger charge is -2.08. The topological polar surface area (TPSA) is 73.0 Å². The van der Waals surface area contributed by atoms with E-state index >= 15 is 0 Å². The lowest BCUT2D eigenvalue weighted by Crippen LogP contribution is -2.06. The number of nitrogen functional groups attached to an aromatic ring is 1. The van der Waals surface area contributed by atoms with Crippen molar-refractivity contribution in [2.24, 2.45) is 0 Å². The average molecular weight is 282 g/mol. The maximum atomic E-state index is 12.1. The second kappa shape index (κ2) is 4.70. The summed E-state index contributed by atoms with van der Waals surface area (Å²) in [4.78, 5) is 4.48. The quantitative estimate of drug-likeness (QED) is 0.938. The summed E-state index contributed by atoms with van der Waals surface area (Å²) in [7, 11) is -3.26. The van der Waals surface area contributed by atoms with Gasteiger partial charge in [-0.15, -0.1) is 11.3 Å². The van der Waals surface area contributed by atoms with E-state index in [1.165, 1.54) is 11.3 Å². The molecule has 2 N–H and O–H groups in total. The van der Waals surface area contributed by atoms with E-state index in [-0.39, 0.29) is 5.75 Å². The third kappa shape index (κ3) is 2.39. The third-order valence-electron chi connectivity index (χ3n) is 2.65. The van der Waals surface area contributed by atoms with Crippen LogP contribution in [0.15, 0.2) is 28.5 Å². The Labute approximate surface area is 110 Å². The molecule has 0 aliphatic heterocycles. The van der Waals surface area contributed by atoms with Crippen molar-refractivity contribution in [3.63, 3.8) is 0 Å². The summed E-state index contributed by atoms with van der Waals surface area (Å²) in [6.45, 7) is 3.55. The number of hydrogen-bond donors (Lipinski definition) is 1. The van der Waals surface area contributed by atoms with Gasteiger partial charge in [0.05, 0.1) is 16.3 Å². The van der Waals surface area contributed by atoms with Crippen LogP contribution in [0.25, 0.3) is 11.3 Å². The number of rotatable bonds is 3. The standard InChI is InChI=1S/C12H14N2O2S2/c1-3-18(15,16)11-5-4-8(2)6-9(11)10-7-17-12(13)14-10/h4-7H,3H2,1-2H3,(H2,13,14). The Hall–Kier alpha value is -1.40. The molecule has 0 saturated heterocycles. The molecule has 96 valence electrons. The first kappa shape index (κ1) is 13.0. The van der Waals surface area contributed by atoms with E-state index < -0.39 is 9.84 Å². The number of aryl methyl sites for hydroxylation is 1. The van der Waals surface area contributed by atoms with Crippen molar-refractivity contribution in [2.75, 3.05) is 11.5 Å². The molecule has 2 rings (SSSR count). The van der Waals surface area contributed by atoms with Gasteiger partial charge >= 0.3 is 0 Å². The van der Waals surface area contributed by atoms with Crippen molar-refractivity contribution in [2.45, 2.75) is 18.7 Å². The van der Waals surface area contributed by atoms with Crippen LogP contribution in [0.5, 0.6) is 0 Å². The zero-order valence-corrected chi connectivity index (χ0v) is 11.8. The summed E-state index contributed by atoms with van der Waals surface area (Å²) in [5, 5.41) is 2.21. The summed E-state index contributed by atoms with van der Waals surface area (Å²) in [6, 6.07) is 5.26. The molecule has 0 radical (unpaired) electrons. The van der Waals surface area contributed by atoms with Gasteiger partial charge in [0, 0.05) is 10.9 Å². The van der Waals surface area contributed by atoms with Gasteiger partial charge < -0.3 is 5.73 Å². The molecule has 0 fully saturated rings. The zero-order valence-electron chi connectivity index (χ0n) is 10.2. The molecule has 0 bridgehead atoms. The van der Waals surface area contributed by atoms with Crippen LogP contribution in [0, 0.1) is 6.92 Å². The molecular formula is C12H14N2O2S2. The minimum Gasteiger partial charge on any atom is -0.375 e. The van der Waals surface area contributed by atoms with Gasteiger partial charge in [0.2, 0.25) is 0 Å². The normalized spacial score (nSPS) is 11.7. The van der Waals surface area contributed by atoms with Crippen molar-refractivity contribution in [1.82, 2.24) is 4.98 Å². The number of thiazole rings is 1. The molecule has 0 amide bonds. The minimum absolute atomic E-state index is 0.0721. The maximum absolute atomic E-state index is 12.1. The van der Waals surface area contributed by atoms with Gasteiger partial charge in [-0.1, -0.05) is 18.6 Å². The Balaban J connectivity index is 2.69. The van der Waals surface area contributed by atoms with Crippen molar-refractivity contribution in [3.05, 3.63) is 29.1 Å². The molecule has 1 aromatic heterocycles. The van der Waals surface area contributed by atoms with Crippen molar-refractivity contribution >= 4 is 26.3 Å². The fraction of sp³-hybridized carbons (Fsp3) is 0.250. The second-order valence-corrected chi connectivity index (χ2v) is 7.11. The molecule has 1 aromatic carbocycles. The van der Waals surface area contributed by atoms with Crippen molar-refractivity contribution in [1.29, 1.82) is 0 Å². The van der Waals surface area contributed by atoms with Crippen molar-refractivity contribution < 1.29 is 8.42 Å². The van der Waals surface area contributed by atoms with E-state index in [2.05, 4.69) is 4.98 Å². The van der Waals surface area contributed by atoms with Gasteiger partial charge in [-0.05, 0) is 19.1 Å². The first-order chi connectivity index (χ1) is 8.44. The number of nitrogens with zero attached hydrogens (tertiary/aromatic N) is 1. The van der Waals surface area contributed by atoms with Crippen LogP contribution in [0.3, 0.4) is 0 Å². The Morgan fingerprint density at radius 3 is 2.67 bits per heavy atom. The molecule has 0 spiro atoms. The maximum Gasteiger partial charge on any atom is 0.180 e. The lowest BCUT2D eigenvalue weighted by atomic mass is 10.1. The molecule has 1 heterocycles. The van der Waals surface area contributed by atoms with Gasteiger partial charge in [-0.3, -0.25) is 0 Å². The first-order valence-electron chi connectivity index (χ1n) is 5.49. The highest BCUT2D eigenvalue weighted by molar-refractivity contribution is 7.91. The van der Waals surface area contributed by atoms with Crippen LogP contribution < -0.4 is 5.73 Å². The highest BCUT2D eigenvalue weighted by Gasteiger charge is 2.19. The van der Waals surface area contributed by atoms with E-state index in [1.807, 2.05) is 13.0 Å². The summed E-state index contributed by atoms with van der Waals surface area (Å²) in [6.07, 6.45) is 0.